The molecule has 2 aliphatic heterocycles. The first kappa shape index (κ1) is 12.0. The standard InChI is InChI=1S/C14H17ClN2O/c1-2-3-9-6-10-12-8-16-4-5-17(12)14(18)13(10)11(15)7-9/h6-7,12,16H,2-5,8H2,1H3/t12-/m1/s1. The normalized spacial score (nSPS) is 22.0. The van der Waals surface area contributed by atoms with Gasteiger partial charge in [0.05, 0.1) is 16.6 Å². The summed E-state index contributed by atoms with van der Waals surface area (Å²) in [6.45, 7) is 4.64. The number of piperazine rings is 1. The molecule has 2 heterocycles. The Morgan fingerprint density at radius 3 is 3.11 bits per heavy atom. The molecule has 96 valence electrons. The predicted molar refractivity (Wildman–Crippen MR) is 72.1 cm³/mol. The summed E-state index contributed by atoms with van der Waals surface area (Å²) in [6.07, 6.45) is 2.11. The summed E-state index contributed by atoms with van der Waals surface area (Å²) < 4.78 is 0. The molecule has 1 saturated heterocycles. The van der Waals surface area contributed by atoms with Crippen molar-refractivity contribution in [2.24, 2.45) is 0 Å². The van der Waals surface area contributed by atoms with E-state index in [1.807, 2.05) is 11.0 Å². The van der Waals surface area contributed by atoms with Crippen LogP contribution < -0.4 is 5.32 Å². The fourth-order valence-corrected chi connectivity index (χ4v) is 3.31. The number of aryl methyl sites for hydroxylation is 1. The highest BCUT2D eigenvalue weighted by Crippen LogP contribution is 2.38. The average Bonchev–Trinajstić information content (AvgIpc) is 2.65. The summed E-state index contributed by atoms with van der Waals surface area (Å²) in [7, 11) is 0. The van der Waals surface area contributed by atoms with Gasteiger partial charge in [-0.15, -0.1) is 0 Å². The first-order chi connectivity index (χ1) is 8.72. The smallest absolute Gasteiger partial charge is 0.256 e. The van der Waals surface area contributed by atoms with Crippen molar-refractivity contribution in [3.05, 3.63) is 33.8 Å². The van der Waals surface area contributed by atoms with Crippen LogP contribution in [0.1, 0.15) is 40.9 Å². The third-order valence-corrected chi connectivity index (χ3v) is 4.09. The van der Waals surface area contributed by atoms with Gasteiger partial charge >= 0.3 is 0 Å². The van der Waals surface area contributed by atoms with E-state index in [4.69, 9.17) is 11.6 Å². The first-order valence-electron chi connectivity index (χ1n) is 6.56. The maximum atomic E-state index is 12.3. The van der Waals surface area contributed by atoms with E-state index in [2.05, 4.69) is 18.3 Å². The van der Waals surface area contributed by atoms with Crippen molar-refractivity contribution >= 4 is 17.5 Å². The van der Waals surface area contributed by atoms with E-state index in [1.54, 1.807) is 0 Å². The average molecular weight is 265 g/mol. The van der Waals surface area contributed by atoms with Gasteiger partial charge in [-0.3, -0.25) is 4.79 Å². The number of carbonyl (C=O) groups excluding carboxylic acids is 1. The van der Waals surface area contributed by atoms with Crippen molar-refractivity contribution in [3.8, 4) is 0 Å². The molecular formula is C14H17ClN2O. The molecule has 2 aliphatic rings. The van der Waals surface area contributed by atoms with E-state index in [0.717, 1.165) is 43.6 Å². The molecule has 18 heavy (non-hydrogen) atoms. The van der Waals surface area contributed by atoms with Gasteiger partial charge in [0.25, 0.3) is 5.91 Å². The number of hydrogen-bond donors (Lipinski definition) is 1. The SMILES string of the molecule is CCCc1cc(Cl)c2c(c1)[C@H]1CNCCN1C2=O. The lowest BCUT2D eigenvalue weighted by molar-refractivity contribution is 0.0691. The Kier molecular flexibility index (Phi) is 3.04. The zero-order valence-electron chi connectivity index (χ0n) is 10.5. The first-order valence-corrected chi connectivity index (χ1v) is 6.94. The van der Waals surface area contributed by atoms with E-state index in [9.17, 15) is 4.79 Å². The molecule has 1 aromatic rings. The molecule has 0 unspecified atom stereocenters. The third-order valence-electron chi connectivity index (χ3n) is 3.80. The second kappa shape index (κ2) is 4.56. The Morgan fingerprint density at radius 1 is 1.50 bits per heavy atom. The lowest BCUT2D eigenvalue weighted by Gasteiger charge is -2.30. The van der Waals surface area contributed by atoms with Gasteiger partial charge < -0.3 is 10.2 Å². The Labute approximate surface area is 112 Å². The molecule has 1 N–H and O–H groups in total. The van der Waals surface area contributed by atoms with Crippen LogP contribution in [-0.2, 0) is 6.42 Å². The van der Waals surface area contributed by atoms with Gasteiger partial charge in [-0.25, -0.2) is 0 Å². The van der Waals surface area contributed by atoms with Crippen molar-refractivity contribution in [1.29, 1.82) is 0 Å². The Hall–Kier alpha value is -1.06. The van der Waals surface area contributed by atoms with E-state index in [0.29, 0.717) is 5.02 Å². The number of rotatable bonds is 2. The summed E-state index contributed by atoms with van der Waals surface area (Å²) in [5.74, 6) is 0.101. The monoisotopic (exact) mass is 264 g/mol. The molecular weight excluding hydrogens is 248 g/mol. The zero-order chi connectivity index (χ0) is 12.7. The minimum Gasteiger partial charge on any atom is -0.329 e. The lowest BCUT2D eigenvalue weighted by Crippen LogP contribution is -2.44. The Bertz CT molecular complexity index is 501. The van der Waals surface area contributed by atoms with E-state index in [1.165, 1.54) is 5.56 Å². The van der Waals surface area contributed by atoms with Gasteiger partial charge in [0.2, 0.25) is 0 Å². The zero-order valence-corrected chi connectivity index (χ0v) is 11.3. The van der Waals surface area contributed by atoms with Crippen LogP contribution in [0, 0.1) is 0 Å². The summed E-state index contributed by atoms with van der Waals surface area (Å²) in [5.41, 5.74) is 3.08. The molecule has 0 radical (unpaired) electrons. The van der Waals surface area contributed by atoms with Crippen molar-refractivity contribution < 1.29 is 4.79 Å². The van der Waals surface area contributed by atoms with Crippen molar-refractivity contribution in [2.75, 3.05) is 19.6 Å². The predicted octanol–water partition coefficient (Wildman–Crippen LogP) is 2.39. The highest BCUT2D eigenvalue weighted by Gasteiger charge is 2.39. The summed E-state index contributed by atoms with van der Waals surface area (Å²) in [4.78, 5) is 14.3. The topological polar surface area (TPSA) is 32.3 Å². The summed E-state index contributed by atoms with van der Waals surface area (Å²) in [6, 6.07) is 4.30. The maximum Gasteiger partial charge on any atom is 0.256 e. The van der Waals surface area contributed by atoms with Crippen LogP contribution in [0.15, 0.2) is 12.1 Å². The number of nitrogens with one attached hydrogen (secondary N) is 1. The molecule has 3 rings (SSSR count). The van der Waals surface area contributed by atoms with E-state index < -0.39 is 0 Å². The minimum absolute atomic E-state index is 0.101. The molecule has 0 aromatic heterocycles. The number of amides is 1. The van der Waals surface area contributed by atoms with Crippen LogP contribution in [0.4, 0.5) is 0 Å². The quantitative estimate of drug-likeness (QED) is 0.890. The number of hydrogen-bond acceptors (Lipinski definition) is 2. The van der Waals surface area contributed by atoms with Crippen LogP contribution in [0.25, 0.3) is 0 Å². The molecule has 0 bridgehead atoms. The number of benzene rings is 1. The fourth-order valence-electron chi connectivity index (χ4n) is 2.98. The van der Waals surface area contributed by atoms with E-state index >= 15 is 0 Å². The van der Waals surface area contributed by atoms with Gasteiger partial charge in [-0.1, -0.05) is 31.0 Å². The molecule has 4 heteroatoms. The van der Waals surface area contributed by atoms with Gasteiger partial charge in [-0.2, -0.15) is 0 Å². The van der Waals surface area contributed by atoms with Crippen LogP contribution in [0.3, 0.4) is 0 Å². The Balaban J connectivity index is 2.08. The Morgan fingerprint density at radius 2 is 2.33 bits per heavy atom. The molecule has 0 aliphatic carbocycles. The largest absolute Gasteiger partial charge is 0.329 e. The lowest BCUT2D eigenvalue weighted by atomic mass is 9.99. The highest BCUT2D eigenvalue weighted by atomic mass is 35.5. The molecule has 0 spiro atoms. The summed E-state index contributed by atoms with van der Waals surface area (Å²) >= 11 is 6.30. The molecule has 1 fully saturated rings. The summed E-state index contributed by atoms with van der Waals surface area (Å²) in [5, 5.41) is 3.97. The second-order valence-corrected chi connectivity index (χ2v) is 5.42. The molecule has 3 nitrogen and oxygen atoms in total. The third kappa shape index (κ3) is 1.73. The number of carbonyl (C=O) groups is 1. The van der Waals surface area contributed by atoms with Gasteiger partial charge in [0.1, 0.15) is 0 Å². The van der Waals surface area contributed by atoms with Crippen LogP contribution in [-0.4, -0.2) is 30.4 Å². The van der Waals surface area contributed by atoms with Crippen LogP contribution in [0.2, 0.25) is 5.02 Å². The van der Waals surface area contributed by atoms with E-state index in [-0.39, 0.29) is 11.9 Å². The van der Waals surface area contributed by atoms with Crippen molar-refractivity contribution in [3.63, 3.8) is 0 Å². The highest BCUT2D eigenvalue weighted by molar-refractivity contribution is 6.34. The van der Waals surface area contributed by atoms with Crippen LogP contribution >= 0.6 is 11.6 Å². The number of nitrogens with zero attached hydrogens (tertiary/aromatic N) is 1. The second-order valence-electron chi connectivity index (χ2n) is 5.01. The molecule has 1 aromatic carbocycles. The molecule has 0 saturated carbocycles. The van der Waals surface area contributed by atoms with Crippen LogP contribution in [0.5, 0.6) is 0 Å². The number of fused-ring (bicyclic) bond motifs is 3. The van der Waals surface area contributed by atoms with Gasteiger partial charge in [-0.05, 0) is 23.6 Å². The molecule has 1 atom stereocenters. The number of halogens is 1. The van der Waals surface area contributed by atoms with Gasteiger partial charge in [0.15, 0.2) is 0 Å². The van der Waals surface area contributed by atoms with Gasteiger partial charge in [0, 0.05) is 19.6 Å². The van der Waals surface area contributed by atoms with Crippen molar-refractivity contribution in [2.45, 2.75) is 25.8 Å². The van der Waals surface area contributed by atoms with Crippen molar-refractivity contribution in [1.82, 2.24) is 10.2 Å². The molecule has 1 amide bonds. The minimum atomic E-state index is 0.101. The maximum absolute atomic E-state index is 12.3. The fraction of sp³-hybridized carbons (Fsp3) is 0.500.